The van der Waals surface area contributed by atoms with E-state index in [0.717, 1.165) is 10.3 Å². The van der Waals surface area contributed by atoms with Crippen LogP contribution in [0.3, 0.4) is 0 Å². The topological polar surface area (TPSA) is 98.2 Å². The van der Waals surface area contributed by atoms with Crippen LogP contribution in [0.2, 0.25) is 0 Å². The lowest BCUT2D eigenvalue weighted by molar-refractivity contribution is -0.132. The number of fused-ring (bicyclic) bond motifs is 1. The van der Waals surface area contributed by atoms with Crippen LogP contribution in [-0.2, 0) is 16.2 Å². The fraction of sp³-hybridized carbons (Fsp3) is 0.147. The van der Waals surface area contributed by atoms with Gasteiger partial charge in [-0.2, -0.15) is 0 Å². The quantitative estimate of drug-likeness (QED) is 0.113. The van der Waals surface area contributed by atoms with Crippen molar-refractivity contribution in [2.24, 2.45) is 0 Å². The number of carbonyl (C=O) groups is 2. The van der Waals surface area contributed by atoms with Gasteiger partial charge in [0.2, 0.25) is 0 Å². The van der Waals surface area contributed by atoms with Crippen LogP contribution >= 0.6 is 11.3 Å². The van der Waals surface area contributed by atoms with E-state index < -0.39 is 17.7 Å². The zero-order valence-electron chi connectivity index (χ0n) is 23.5. The van der Waals surface area contributed by atoms with Gasteiger partial charge in [-0.1, -0.05) is 53.8 Å². The summed E-state index contributed by atoms with van der Waals surface area (Å²) in [6, 6.07) is 28.2. The number of ketones is 1. The number of aromatic nitrogens is 1. The zero-order valence-corrected chi connectivity index (χ0v) is 24.3. The Morgan fingerprint density at radius 1 is 0.884 bits per heavy atom. The third kappa shape index (κ3) is 5.54. The van der Waals surface area contributed by atoms with Crippen LogP contribution in [0, 0.1) is 0 Å². The van der Waals surface area contributed by atoms with Gasteiger partial charge in [-0.15, -0.1) is 0 Å². The molecule has 216 valence electrons. The summed E-state index contributed by atoms with van der Waals surface area (Å²) in [5, 5.41) is 11.8. The van der Waals surface area contributed by atoms with Crippen LogP contribution in [0.25, 0.3) is 16.0 Å². The number of methoxy groups -OCH3 is 1. The van der Waals surface area contributed by atoms with Gasteiger partial charge in [0.25, 0.3) is 5.78 Å². The van der Waals surface area contributed by atoms with Gasteiger partial charge in [0.15, 0.2) is 5.13 Å². The molecule has 0 bridgehead atoms. The second-order valence-corrected chi connectivity index (χ2v) is 10.8. The van der Waals surface area contributed by atoms with E-state index in [2.05, 4.69) is 0 Å². The van der Waals surface area contributed by atoms with Crippen molar-refractivity contribution in [2.75, 3.05) is 18.6 Å². The number of Topliss-reactive ketones (excluding diaryl/α,β-unsaturated/α-hetero) is 1. The summed E-state index contributed by atoms with van der Waals surface area (Å²) in [4.78, 5) is 33.4. The largest absolute Gasteiger partial charge is 0.507 e. The molecule has 0 aliphatic carbocycles. The molecule has 1 aromatic heterocycles. The maximum Gasteiger partial charge on any atom is 0.301 e. The fourth-order valence-corrected chi connectivity index (χ4v) is 6.04. The number of aliphatic hydroxyl groups is 1. The first-order valence-electron chi connectivity index (χ1n) is 13.7. The van der Waals surface area contributed by atoms with Gasteiger partial charge in [-0.05, 0) is 72.6 Å². The number of ether oxygens (including phenoxy) is 3. The summed E-state index contributed by atoms with van der Waals surface area (Å²) in [6.45, 7) is 2.76. The number of hydrogen-bond acceptors (Lipinski definition) is 8. The number of aliphatic hydroxyl groups excluding tert-OH is 1. The average molecular weight is 593 g/mol. The Labute approximate surface area is 252 Å². The highest BCUT2D eigenvalue weighted by Crippen LogP contribution is 2.45. The summed E-state index contributed by atoms with van der Waals surface area (Å²) < 4.78 is 17.8. The van der Waals surface area contributed by atoms with Crippen LogP contribution in [0.1, 0.15) is 29.7 Å². The number of hydrogen-bond donors (Lipinski definition) is 1. The number of amides is 1. The summed E-state index contributed by atoms with van der Waals surface area (Å²) in [5.74, 6) is -0.0295. The van der Waals surface area contributed by atoms with Crippen molar-refractivity contribution in [3.8, 4) is 17.2 Å². The monoisotopic (exact) mass is 592 g/mol. The van der Waals surface area contributed by atoms with Crippen LogP contribution in [0.4, 0.5) is 5.13 Å². The predicted molar refractivity (Wildman–Crippen MR) is 166 cm³/mol. The summed E-state index contributed by atoms with van der Waals surface area (Å²) in [7, 11) is 1.54. The first kappa shape index (κ1) is 28.0. The number of carbonyl (C=O) groups excluding carboxylic acids is 2. The molecule has 1 amide bonds. The van der Waals surface area contributed by atoms with Crippen molar-refractivity contribution in [3.05, 3.63) is 119 Å². The normalized spacial score (nSPS) is 16.0. The predicted octanol–water partition coefficient (Wildman–Crippen LogP) is 6.91. The molecule has 4 aromatic carbocycles. The van der Waals surface area contributed by atoms with Crippen molar-refractivity contribution < 1.29 is 28.9 Å². The smallest absolute Gasteiger partial charge is 0.301 e. The van der Waals surface area contributed by atoms with Crippen LogP contribution < -0.4 is 19.1 Å². The van der Waals surface area contributed by atoms with Crippen molar-refractivity contribution in [1.82, 2.24) is 4.98 Å². The van der Waals surface area contributed by atoms with Gasteiger partial charge in [0.05, 0.1) is 35.5 Å². The molecule has 0 saturated carbocycles. The number of anilines is 1. The van der Waals surface area contributed by atoms with Gasteiger partial charge < -0.3 is 19.3 Å². The van der Waals surface area contributed by atoms with E-state index >= 15 is 0 Å². The molecule has 2 heterocycles. The van der Waals surface area contributed by atoms with E-state index in [1.165, 1.54) is 16.2 Å². The Bertz CT molecular complexity index is 1830. The Morgan fingerprint density at radius 3 is 2.37 bits per heavy atom. The molecule has 5 aromatic rings. The Kier molecular flexibility index (Phi) is 7.81. The van der Waals surface area contributed by atoms with Crippen molar-refractivity contribution in [2.45, 2.75) is 19.6 Å². The third-order valence-electron chi connectivity index (χ3n) is 7.10. The molecule has 43 heavy (non-hydrogen) atoms. The summed E-state index contributed by atoms with van der Waals surface area (Å²) in [5.41, 5.74) is 2.60. The van der Waals surface area contributed by atoms with Crippen LogP contribution in [-0.4, -0.2) is 35.5 Å². The molecule has 1 N–H and O–H groups in total. The third-order valence-corrected chi connectivity index (χ3v) is 8.11. The minimum atomic E-state index is -0.950. The zero-order chi connectivity index (χ0) is 29.9. The standard InChI is InChI=1S/C34H28N2O6S/c1-3-41-26-16-17-27-28(19-26)43-34(35-27)36-30(23-10-7-11-25(18-23)42-20-21-8-5-4-6-9-21)29(32(38)33(36)39)31(37)22-12-14-24(40-2)15-13-22/h4-19,30,37H,3,20H2,1-2H3. The molecule has 0 spiro atoms. The number of rotatable bonds is 9. The molecule has 1 aliphatic rings. The van der Waals surface area contributed by atoms with E-state index in [4.69, 9.17) is 19.2 Å². The Balaban J connectivity index is 1.46. The Hall–Kier alpha value is -5.15. The molecule has 1 unspecified atom stereocenters. The van der Waals surface area contributed by atoms with Gasteiger partial charge in [-0.3, -0.25) is 14.5 Å². The number of thiazole rings is 1. The lowest BCUT2D eigenvalue weighted by atomic mass is 9.95. The minimum Gasteiger partial charge on any atom is -0.507 e. The molecule has 1 fully saturated rings. The molecule has 1 saturated heterocycles. The maximum absolute atomic E-state index is 13.7. The second-order valence-electron chi connectivity index (χ2n) is 9.80. The van der Waals surface area contributed by atoms with Crippen LogP contribution in [0.5, 0.6) is 17.2 Å². The molecular weight excluding hydrogens is 564 g/mol. The van der Waals surface area contributed by atoms with E-state index in [-0.39, 0.29) is 11.3 Å². The lowest BCUT2D eigenvalue weighted by Gasteiger charge is -2.23. The van der Waals surface area contributed by atoms with Crippen molar-refractivity contribution >= 4 is 44.1 Å². The number of nitrogens with zero attached hydrogens (tertiary/aromatic N) is 2. The SMILES string of the molecule is CCOc1ccc2nc(N3C(=O)C(=O)C(=C(O)c4ccc(OC)cc4)C3c3cccc(OCc4ccccc4)c3)sc2c1. The first-order valence-corrected chi connectivity index (χ1v) is 14.5. The van der Waals surface area contributed by atoms with Crippen LogP contribution in [0.15, 0.2) is 103 Å². The molecule has 6 rings (SSSR count). The fourth-order valence-electron chi connectivity index (χ4n) is 5.02. The molecule has 8 nitrogen and oxygen atoms in total. The second kappa shape index (κ2) is 12.0. The molecule has 0 radical (unpaired) electrons. The molecule has 1 aliphatic heterocycles. The highest BCUT2D eigenvalue weighted by atomic mass is 32.1. The van der Waals surface area contributed by atoms with Gasteiger partial charge >= 0.3 is 5.91 Å². The van der Waals surface area contributed by atoms with E-state index in [1.807, 2.05) is 61.5 Å². The van der Waals surface area contributed by atoms with E-state index in [9.17, 15) is 14.7 Å². The van der Waals surface area contributed by atoms with Crippen molar-refractivity contribution in [3.63, 3.8) is 0 Å². The van der Waals surface area contributed by atoms with E-state index in [0.29, 0.717) is 52.2 Å². The summed E-state index contributed by atoms with van der Waals surface area (Å²) in [6.07, 6.45) is 0. The summed E-state index contributed by atoms with van der Waals surface area (Å²) >= 11 is 1.27. The van der Waals surface area contributed by atoms with E-state index in [1.54, 1.807) is 49.6 Å². The van der Waals surface area contributed by atoms with Gasteiger partial charge in [0.1, 0.15) is 29.6 Å². The minimum absolute atomic E-state index is 0.0374. The highest BCUT2D eigenvalue weighted by molar-refractivity contribution is 7.22. The Morgan fingerprint density at radius 2 is 1.63 bits per heavy atom. The maximum atomic E-state index is 13.7. The molecule has 1 atom stereocenters. The van der Waals surface area contributed by atoms with Gasteiger partial charge in [-0.25, -0.2) is 4.98 Å². The lowest BCUT2D eigenvalue weighted by Crippen LogP contribution is -2.29. The number of benzene rings is 4. The molecule has 9 heteroatoms. The first-order chi connectivity index (χ1) is 21.0. The average Bonchev–Trinajstić information content (AvgIpc) is 3.58. The van der Waals surface area contributed by atoms with Crippen molar-refractivity contribution in [1.29, 1.82) is 0 Å². The molecular formula is C34H28N2O6S. The van der Waals surface area contributed by atoms with Gasteiger partial charge in [0, 0.05) is 5.56 Å². The highest BCUT2D eigenvalue weighted by Gasteiger charge is 2.48.